The van der Waals surface area contributed by atoms with Gasteiger partial charge in [-0.15, -0.1) is 0 Å². The zero-order valence-corrected chi connectivity index (χ0v) is 18.4. The number of carbonyl (C=O) groups excluding carboxylic acids is 1. The standard InChI is InChI=1S/C22H18ClF3N4O4/c1-32-16-5-3-12(7-13(16)23)27-21(31)15-9-20-28-14(8-19(22(24,25)26)30(20)29-15)11-2-4-17-18(6-11)34-10-33-17/h2-7,9,14,19,28H,8,10H2,1H3,(H,27,31)/t14-,19-/m1/s1. The van der Waals surface area contributed by atoms with Crippen LogP contribution in [0.4, 0.5) is 24.7 Å². The minimum Gasteiger partial charge on any atom is -0.495 e. The van der Waals surface area contributed by atoms with E-state index in [0.717, 1.165) is 4.68 Å². The summed E-state index contributed by atoms with van der Waals surface area (Å²) in [6, 6.07) is 8.29. The number of nitrogens with one attached hydrogen (secondary N) is 2. The molecule has 0 aliphatic carbocycles. The summed E-state index contributed by atoms with van der Waals surface area (Å²) in [6.07, 6.45) is -4.89. The molecule has 3 heterocycles. The molecular weight excluding hydrogens is 477 g/mol. The third kappa shape index (κ3) is 4.07. The number of hydrogen-bond donors (Lipinski definition) is 2. The molecule has 2 aromatic carbocycles. The summed E-state index contributed by atoms with van der Waals surface area (Å²) >= 11 is 6.07. The molecule has 2 atom stereocenters. The van der Waals surface area contributed by atoms with Gasteiger partial charge in [-0.05, 0) is 35.9 Å². The predicted molar refractivity (Wildman–Crippen MR) is 117 cm³/mol. The first kappa shape index (κ1) is 22.2. The second-order valence-corrected chi connectivity index (χ2v) is 8.17. The number of hydrogen-bond acceptors (Lipinski definition) is 6. The van der Waals surface area contributed by atoms with Gasteiger partial charge in [-0.1, -0.05) is 17.7 Å². The van der Waals surface area contributed by atoms with Crippen LogP contribution in [0.2, 0.25) is 5.02 Å². The fourth-order valence-electron chi connectivity index (χ4n) is 3.97. The van der Waals surface area contributed by atoms with Crippen molar-refractivity contribution in [2.24, 2.45) is 0 Å². The molecule has 2 aliphatic heterocycles. The fraction of sp³-hybridized carbons (Fsp3) is 0.273. The molecule has 34 heavy (non-hydrogen) atoms. The summed E-state index contributed by atoms with van der Waals surface area (Å²) < 4.78 is 58.3. The summed E-state index contributed by atoms with van der Waals surface area (Å²) in [5, 5.41) is 9.88. The van der Waals surface area contributed by atoms with Crippen molar-refractivity contribution in [2.75, 3.05) is 24.5 Å². The van der Waals surface area contributed by atoms with Crippen molar-refractivity contribution in [2.45, 2.75) is 24.7 Å². The molecular formula is C22H18ClF3N4O4. The van der Waals surface area contributed by atoms with E-state index >= 15 is 0 Å². The van der Waals surface area contributed by atoms with Crippen molar-refractivity contribution in [3.05, 3.63) is 58.7 Å². The molecule has 5 rings (SSSR count). The van der Waals surface area contributed by atoms with E-state index in [2.05, 4.69) is 15.7 Å². The smallest absolute Gasteiger partial charge is 0.410 e. The Hall–Kier alpha value is -3.60. The number of nitrogens with zero attached hydrogens (tertiary/aromatic N) is 2. The Bertz CT molecular complexity index is 1260. The Kier molecular flexibility index (Phi) is 5.43. The highest BCUT2D eigenvalue weighted by molar-refractivity contribution is 6.32. The average molecular weight is 495 g/mol. The third-order valence-electron chi connectivity index (χ3n) is 5.63. The van der Waals surface area contributed by atoms with Crippen molar-refractivity contribution >= 4 is 29.0 Å². The minimum absolute atomic E-state index is 0.0622. The highest BCUT2D eigenvalue weighted by Crippen LogP contribution is 2.45. The summed E-state index contributed by atoms with van der Waals surface area (Å²) in [5.74, 6) is 0.832. The monoisotopic (exact) mass is 494 g/mol. The first-order chi connectivity index (χ1) is 16.2. The van der Waals surface area contributed by atoms with Crippen molar-refractivity contribution in [3.63, 3.8) is 0 Å². The first-order valence-corrected chi connectivity index (χ1v) is 10.6. The van der Waals surface area contributed by atoms with E-state index in [9.17, 15) is 18.0 Å². The predicted octanol–water partition coefficient (Wildman–Crippen LogP) is 5.19. The van der Waals surface area contributed by atoms with E-state index in [1.54, 1.807) is 30.3 Å². The van der Waals surface area contributed by atoms with Gasteiger partial charge in [-0.3, -0.25) is 4.79 Å². The lowest BCUT2D eigenvalue weighted by Gasteiger charge is -2.33. The number of ether oxygens (including phenoxy) is 3. The molecule has 1 aromatic heterocycles. The van der Waals surface area contributed by atoms with Crippen molar-refractivity contribution in [1.82, 2.24) is 9.78 Å². The Morgan fingerprint density at radius 3 is 2.74 bits per heavy atom. The van der Waals surface area contributed by atoms with Gasteiger partial charge >= 0.3 is 6.18 Å². The second kappa shape index (κ2) is 8.32. The maximum Gasteiger partial charge on any atom is 0.410 e. The summed E-state index contributed by atoms with van der Waals surface area (Å²) in [6.45, 7) is 0.0622. The number of benzene rings is 2. The number of carbonyl (C=O) groups is 1. The van der Waals surface area contributed by atoms with E-state index < -0.39 is 24.2 Å². The number of fused-ring (bicyclic) bond motifs is 2. The third-order valence-corrected chi connectivity index (χ3v) is 5.93. The van der Waals surface area contributed by atoms with Crippen LogP contribution in [0.3, 0.4) is 0 Å². The van der Waals surface area contributed by atoms with Gasteiger partial charge < -0.3 is 24.8 Å². The molecule has 8 nitrogen and oxygen atoms in total. The zero-order chi connectivity index (χ0) is 24.0. The number of amides is 1. The summed E-state index contributed by atoms with van der Waals surface area (Å²) in [5.41, 5.74) is 0.778. The molecule has 3 aromatic rings. The molecule has 12 heteroatoms. The van der Waals surface area contributed by atoms with Crippen LogP contribution in [0.25, 0.3) is 0 Å². The van der Waals surface area contributed by atoms with Gasteiger partial charge in [0.2, 0.25) is 6.79 Å². The Balaban J connectivity index is 1.42. The van der Waals surface area contributed by atoms with Crippen LogP contribution in [0.5, 0.6) is 17.2 Å². The minimum atomic E-state index is -4.57. The topological polar surface area (TPSA) is 86.6 Å². The van der Waals surface area contributed by atoms with Gasteiger partial charge in [-0.25, -0.2) is 4.68 Å². The Morgan fingerprint density at radius 1 is 1.21 bits per heavy atom. The summed E-state index contributed by atoms with van der Waals surface area (Å²) in [7, 11) is 1.45. The highest BCUT2D eigenvalue weighted by Gasteiger charge is 2.47. The van der Waals surface area contributed by atoms with Gasteiger partial charge in [0.05, 0.1) is 18.2 Å². The molecule has 2 N–H and O–H groups in total. The van der Waals surface area contributed by atoms with E-state index in [-0.39, 0.29) is 29.7 Å². The normalized spacial score (nSPS) is 18.7. The van der Waals surface area contributed by atoms with Crippen molar-refractivity contribution < 1.29 is 32.2 Å². The van der Waals surface area contributed by atoms with Crippen LogP contribution in [-0.4, -0.2) is 35.8 Å². The van der Waals surface area contributed by atoms with Gasteiger partial charge in [0.1, 0.15) is 11.6 Å². The average Bonchev–Trinajstić information content (AvgIpc) is 3.44. The van der Waals surface area contributed by atoms with Crippen molar-refractivity contribution in [1.29, 1.82) is 0 Å². The van der Waals surface area contributed by atoms with Crippen LogP contribution >= 0.6 is 11.6 Å². The maximum atomic E-state index is 13.9. The molecule has 0 bridgehead atoms. The lowest BCUT2D eigenvalue weighted by Crippen LogP contribution is -2.35. The number of rotatable bonds is 4. The highest BCUT2D eigenvalue weighted by atomic mass is 35.5. The number of halogens is 4. The lowest BCUT2D eigenvalue weighted by molar-refractivity contribution is -0.173. The number of alkyl halides is 3. The summed E-state index contributed by atoms with van der Waals surface area (Å²) in [4.78, 5) is 12.7. The van der Waals surface area contributed by atoms with E-state index in [1.165, 1.54) is 19.2 Å². The quantitative estimate of drug-likeness (QED) is 0.519. The van der Waals surface area contributed by atoms with Gasteiger partial charge in [0.15, 0.2) is 23.2 Å². The fourth-order valence-corrected chi connectivity index (χ4v) is 4.23. The van der Waals surface area contributed by atoms with Crippen LogP contribution in [0.1, 0.15) is 34.6 Å². The van der Waals surface area contributed by atoms with Crippen molar-refractivity contribution in [3.8, 4) is 17.2 Å². The largest absolute Gasteiger partial charge is 0.495 e. The SMILES string of the molecule is COc1ccc(NC(=O)c2cc3n(n2)[C@@H](C(F)(F)F)C[C@H](c2ccc4c(c2)OCO4)N3)cc1Cl. The number of aromatic nitrogens is 2. The molecule has 178 valence electrons. The zero-order valence-electron chi connectivity index (χ0n) is 17.6. The van der Waals surface area contributed by atoms with E-state index in [4.69, 9.17) is 25.8 Å². The van der Waals surface area contributed by atoms with Crippen LogP contribution < -0.4 is 24.8 Å². The van der Waals surface area contributed by atoms with E-state index in [0.29, 0.717) is 28.5 Å². The molecule has 2 aliphatic rings. The Labute approximate surface area is 196 Å². The lowest BCUT2D eigenvalue weighted by atomic mass is 9.96. The van der Waals surface area contributed by atoms with Gasteiger partial charge in [-0.2, -0.15) is 18.3 Å². The molecule has 0 saturated heterocycles. The van der Waals surface area contributed by atoms with Gasteiger partial charge in [0.25, 0.3) is 5.91 Å². The molecule has 0 spiro atoms. The molecule has 1 amide bonds. The molecule has 0 radical (unpaired) electrons. The van der Waals surface area contributed by atoms with Crippen LogP contribution in [0, 0.1) is 0 Å². The maximum absolute atomic E-state index is 13.9. The second-order valence-electron chi connectivity index (χ2n) is 7.77. The van der Waals surface area contributed by atoms with Crippen LogP contribution in [-0.2, 0) is 0 Å². The molecule has 0 fully saturated rings. The van der Waals surface area contributed by atoms with Crippen LogP contribution in [0.15, 0.2) is 42.5 Å². The van der Waals surface area contributed by atoms with E-state index in [1.807, 2.05) is 0 Å². The number of anilines is 2. The Morgan fingerprint density at radius 2 is 2.00 bits per heavy atom. The first-order valence-electron chi connectivity index (χ1n) is 10.2. The van der Waals surface area contributed by atoms with Gasteiger partial charge in [0, 0.05) is 18.2 Å². The molecule has 0 unspecified atom stereocenters. The number of methoxy groups -OCH3 is 1. The molecule has 0 saturated carbocycles.